The van der Waals surface area contributed by atoms with Gasteiger partial charge in [0.05, 0.1) is 6.26 Å². The zero-order chi connectivity index (χ0) is 13.0. The Bertz CT molecular complexity index is 502. The molecule has 0 amide bonds. The normalized spacial score (nSPS) is 12.3. The molecule has 0 spiro atoms. The van der Waals surface area contributed by atoms with Gasteiger partial charge in [-0.2, -0.15) is 0 Å². The Labute approximate surface area is 114 Å². The van der Waals surface area contributed by atoms with Crippen molar-refractivity contribution in [1.82, 2.24) is 0 Å². The highest BCUT2D eigenvalue weighted by atomic mass is 79.9. The van der Waals surface area contributed by atoms with Crippen LogP contribution in [-0.4, -0.2) is 11.9 Å². The summed E-state index contributed by atoms with van der Waals surface area (Å²) < 4.78 is 11.6. The molecule has 0 aliphatic carbocycles. The zero-order valence-electron chi connectivity index (χ0n) is 9.93. The Morgan fingerprint density at radius 2 is 2.06 bits per heavy atom. The molecular weight excluding hydrogens is 296 g/mol. The fourth-order valence-corrected chi connectivity index (χ4v) is 1.79. The second-order valence-electron chi connectivity index (χ2n) is 3.90. The number of benzene rings is 1. The van der Waals surface area contributed by atoms with Crippen LogP contribution in [0.5, 0.6) is 0 Å². The van der Waals surface area contributed by atoms with E-state index in [-0.39, 0.29) is 5.78 Å². The molecule has 1 unspecified atom stereocenters. The van der Waals surface area contributed by atoms with Gasteiger partial charge in [0.2, 0.25) is 0 Å². The highest BCUT2D eigenvalue weighted by Gasteiger charge is 2.16. The van der Waals surface area contributed by atoms with Crippen LogP contribution in [0.4, 0.5) is 0 Å². The molecule has 0 saturated carbocycles. The van der Waals surface area contributed by atoms with Crippen molar-refractivity contribution in [3.8, 4) is 0 Å². The number of carbonyl (C=O) groups is 1. The number of carbonyl (C=O) groups excluding carboxylic acids is 1. The summed E-state index contributed by atoms with van der Waals surface area (Å²) in [5.74, 6) is 0.680. The fraction of sp³-hybridized carbons (Fsp3) is 0.214. The minimum Gasteiger partial charge on any atom is -0.467 e. The van der Waals surface area contributed by atoms with E-state index < -0.39 is 6.10 Å². The van der Waals surface area contributed by atoms with Crippen molar-refractivity contribution in [1.29, 1.82) is 0 Å². The molecule has 0 aliphatic heterocycles. The minimum absolute atomic E-state index is 0.0333. The van der Waals surface area contributed by atoms with Gasteiger partial charge in [-0.15, -0.1) is 0 Å². The predicted molar refractivity (Wildman–Crippen MR) is 71.4 cm³/mol. The van der Waals surface area contributed by atoms with Crippen LogP contribution < -0.4 is 0 Å². The lowest BCUT2D eigenvalue weighted by atomic mass is 10.1. The number of furan rings is 1. The van der Waals surface area contributed by atoms with E-state index >= 15 is 0 Å². The summed E-state index contributed by atoms with van der Waals surface area (Å²) in [6, 6.07) is 10.8. The Kier molecular flexibility index (Phi) is 4.33. The molecule has 2 rings (SSSR count). The van der Waals surface area contributed by atoms with Crippen LogP contribution in [0, 0.1) is 0 Å². The quantitative estimate of drug-likeness (QED) is 0.788. The molecule has 0 N–H and O–H groups in total. The summed E-state index contributed by atoms with van der Waals surface area (Å²) >= 11 is 3.33. The van der Waals surface area contributed by atoms with Gasteiger partial charge < -0.3 is 9.15 Å². The summed E-state index contributed by atoms with van der Waals surface area (Å²) in [5, 5.41) is 0. The predicted octanol–water partition coefficient (Wildman–Crippen LogP) is 3.83. The van der Waals surface area contributed by atoms with Crippen molar-refractivity contribution >= 4 is 21.7 Å². The summed E-state index contributed by atoms with van der Waals surface area (Å²) in [4.78, 5) is 12.0. The number of Topliss-reactive ketones (excluding diaryl/α,β-unsaturated/α-hetero) is 1. The molecule has 4 heteroatoms. The zero-order valence-corrected chi connectivity index (χ0v) is 11.5. The second-order valence-corrected chi connectivity index (χ2v) is 4.82. The topological polar surface area (TPSA) is 39.4 Å². The third-order valence-electron chi connectivity index (χ3n) is 2.55. The maximum Gasteiger partial charge on any atom is 0.191 e. The van der Waals surface area contributed by atoms with E-state index in [2.05, 4.69) is 15.9 Å². The van der Waals surface area contributed by atoms with Crippen LogP contribution in [0.15, 0.2) is 51.6 Å². The molecule has 1 atom stereocenters. The van der Waals surface area contributed by atoms with Gasteiger partial charge in [0.1, 0.15) is 18.5 Å². The average Bonchev–Trinajstić information content (AvgIpc) is 2.89. The first-order valence-corrected chi connectivity index (χ1v) is 6.40. The Morgan fingerprint density at radius 3 is 2.67 bits per heavy atom. The van der Waals surface area contributed by atoms with Crippen LogP contribution in [0.3, 0.4) is 0 Å². The maximum absolute atomic E-state index is 12.0. The molecule has 0 aliphatic rings. The summed E-state index contributed by atoms with van der Waals surface area (Å²) in [5.41, 5.74) is 0.644. The highest BCUT2D eigenvalue weighted by molar-refractivity contribution is 9.10. The highest BCUT2D eigenvalue weighted by Crippen LogP contribution is 2.14. The van der Waals surface area contributed by atoms with Crippen LogP contribution in [-0.2, 0) is 11.3 Å². The first kappa shape index (κ1) is 13.1. The standard InChI is InChI=1S/C14H13BrO3/c1-10(18-9-13-3-2-8-17-13)14(16)11-4-6-12(15)7-5-11/h2-8,10H,9H2,1H3. The third-order valence-corrected chi connectivity index (χ3v) is 3.08. The maximum atomic E-state index is 12.0. The van der Waals surface area contributed by atoms with Crippen LogP contribution >= 0.6 is 15.9 Å². The molecule has 1 aromatic carbocycles. The molecule has 2 aromatic rings. The van der Waals surface area contributed by atoms with Crippen molar-refractivity contribution < 1.29 is 13.9 Å². The average molecular weight is 309 g/mol. The monoisotopic (exact) mass is 308 g/mol. The lowest BCUT2D eigenvalue weighted by Crippen LogP contribution is -2.20. The van der Waals surface area contributed by atoms with E-state index in [1.165, 1.54) is 0 Å². The number of ether oxygens (including phenoxy) is 1. The van der Waals surface area contributed by atoms with Crippen LogP contribution in [0.2, 0.25) is 0 Å². The van der Waals surface area contributed by atoms with Gasteiger partial charge in [-0.3, -0.25) is 4.79 Å². The Balaban J connectivity index is 1.94. The van der Waals surface area contributed by atoms with Gasteiger partial charge in [0.25, 0.3) is 0 Å². The summed E-state index contributed by atoms with van der Waals surface area (Å²) in [6.07, 6.45) is 1.09. The molecule has 1 aromatic heterocycles. The van der Waals surface area contributed by atoms with Crippen molar-refractivity contribution in [2.24, 2.45) is 0 Å². The molecular formula is C14H13BrO3. The lowest BCUT2D eigenvalue weighted by molar-refractivity contribution is 0.0357. The molecule has 3 nitrogen and oxygen atoms in total. The largest absolute Gasteiger partial charge is 0.467 e. The second kappa shape index (κ2) is 5.98. The van der Waals surface area contributed by atoms with Gasteiger partial charge in [0.15, 0.2) is 5.78 Å². The Hall–Kier alpha value is -1.39. The number of halogens is 1. The Morgan fingerprint density at radius 1 is 1.33 bits per heavy atom. The smallest absolute Gasteiger partial charge is 0.191 e. The summed E-state index contributed by atoms with van der Waals surface area (Å²) in [6.45, 7) is 2.05. The van der Waals surface area contributed by atoms with E-state index in [0.29, 0.717) is 17.9 Å². The molecule has 94 valence electrons. The molecule has 0 fully saturated rings. The SMILES string of the molecule is CC(OCc1ccco1)C(=O)c1ccc(Br)cc1. The summed E-state index contributed by atoms with van der Waals surface area (Å²) in [7, 11) is 0. The molecule has 0 saturated heterocycles. The molecule has 0 bridgehead atoms. The van der Waals surface area contributed by atoms with Gasteiger partial charge in [-0.25, -0.2) is 0 Å². The number of ketones is 1. The van der Waals surface area contributed by atoms with Gasteiger partial charge in [-0.05, 0) is 31.2 Å². The van der Waals surface area contributed by atoms with E-state index in [9.17, 15) is 4.79 Å². The molecule has 18 heavy (non-hydrogen) atoms. The minimum atomic E-state index is -0.490. The molecule has 1 heterocycles. The van der Waals surface area contributed by atoms with E-state index in [1.54, 1.807) is 31.4 Å². The van der Waals surface area contributed by atoms with Crippen molar-refractivity contribution in [3.05, 3.63) is 58.5 Å². The van der Waals surface area contributed by atoms with Gasteiger partial charge in [-0.1, -0.05) is 28.1 Å². The van der Waals surface area contributed by atoms with Crippen LogP contribution in [0.1, 0.15) is 23.0 Å². The number of rotatable bonds is 5. The lowest BCUT2D eigenvalue weighted by Gasteiger charge is -2.11. The first-order valence-electron chi connectivity index (χ1n) is 5.60. The van der Waals surface area contributed by atoms with Crippen molar-refractivity contribution in [3.63, 3.8) is 0 Å². The van der Waals surface area contributed by atoms with Gasteiger partial charge in [0, 0.05) is 10.0 Å². The van der Waals surface area contributed by atoms with Crippen molar-refractivity contribution in [2.45, 2.75) is 19.6 Å². The fourth-order valence-electron chi connectivity index (χ4n) is 1.53. The van der Waals surface area contributed by atoms with Crippen molar-refractivity contribution in [2.75, 3.05) is 0 Å². The molecule has 0 radical (unpaired) electrons. The van der Waals surface area contributed by atoms with E-state index in [0.717, 1.165) is 4.47 Å². The number of hydrogen-bond acceptors (Lipinski definition) is 3. The third kappa shape index (κ3) is 3.31. The number of hydrogen-bond donors (Lipinski definition) is 0. The first-order chi connectivity index (χ1) is 8.66. The van der Waals surface area contributed by atoms with E-state index in [4.69, 9.17) is 9.15 Å². The van der Waals surface area contributed by atoms with Crippen LogP contribution in [0.25, 0.3) is 0 Å². The van der Waals surface area contributed by atoms with Gasteiger partial charge >= 0.3 is 0 Å². The van der Waals surface area contributed by atoms with E-state index in [1.807, 2.05) is 18.2 Å².